The van der Waals surface area contributed by atoms with Crippen molar-refractivity contribution in [2.45, 2.75) is 35.5 Å². The zero-order chi connectivity index (χ0) is 31.8. The molecule has 4 heterocycles. The van der Waals surface area contributed by atoms with Crippen molar-refractivity contribution in [2.24, 2.45) is 11.8 Å². The van der Waals surface area contributed by atoms with E-state index in [0.717, 1.165) is 22.6 Å². The fourth-order valence-electron chi connectivity index (χ4n) is 7.56. The zero-order valence-corrected chi connectivity index (χ0v) is 26.5. The van der Waals surface area contributed by atoms with Gasteiger partial charge in [-0.25, -0.2) is 0 Å². The Morgan fingerprint density at radius 1 is 0.891 bits per heavy atom. The molecule has 2 saturated heterocycles. The molecule has 8 nitrogen and oxygen atoms in total. The normalized spacial score (nSPS) is 27.6. The van der Waals surface area contributed by atoms with Crippen LogP contribution in [0.15, 0.2) is 109 Å². The van der Waals surface area contributed by atoms with Crippen molar-refractivity contribution in [3.05, 3.63) is 120 Å². The van der Waals surface area contributed by atoms with Crippen molar-refractivity contribution in [3.63, 3.8) is 0 Å². The lowest BCUT2D eigenvalue weighted by Crippen LogP contribution is -2.54. The molecule has 46 heavy (non-hydrogen) atoms. The molecule has 0 aliphatic carbocycles. The smallest absolute Gasteiger partial charge is 0.247 e. The molecule has 1 N–H and O–H groups in total. The molecule has 0 saturated carbocycles. The minimum absolute atomic E-state index is 0.144. The summed E-state index contributed by atoms with van der Waals surface area (Å²) in [6.45, 7) is 3.27. The van der Waals surface area contributed by atoms with Gasteiger partial charge in [-0.3, -0.25) is 14.4 Å². The molecular formula is C37H37N3O5S. The van der Waals surface area contributed by atoms with Crippen LogP contribution in [0, 0.1) is 11.8 Å². The molecule has 0 radical (unpaired) electrons. The third-order valence-corrected chi connectivity index (χ3v) is 11.3. The molecule has 4 aliphatic heterocycles. The van der Waals surface area contributed by atoms with Crippen LogP contribution >= 0.6 is 11.8 Å². The number of ether oxygens (including phenoxy) is 1. The summed E-state index contributed by atoms with van der Waals surface area (Å²) in [5, 5.41) is 10.5. The number of benzene rings is 3. The second-order valence-electron chi connectivity index (χ2n) is 12.1. The number of carbonyl (C=O) groups is 3. The van der Waals surface area contributed by atoms with E-state index in [1.165, 1.54) is 0 Å². The Kier molecular flexibility index (Phi) is 8.21. The quantitative estimate of drug-likeness (QED) is 0.364. The average molecular weight is 636 g/mol. The molecular weight excluding hydrogens is 598 g/mol. The Balaban J connectivity index is 1.31. The molecule has 1 spiro atoms. The fraction of sp³-hybridized carbons (Fsp3) is 0.324. The van der Waals surface area contributed by atoms with Gasteiger partial charge in [0, 0.05) is 30.6 Å². The molecule has 1 unspecified atom stereocenters. The average Bonchev–Trinajstić information content (AvgIpc) is 3.40. The predicted molar refractivity (Wildman–Crippen MR) is 178 cm³/mol. The molecule has 0 bridgehead atoms. The standard InChI is InChI=1S/C37H37N3O5S/c1-2-45-28-18-16-27(17-19-28)39-22-9-15-30-31(34(39)42)32-35(43)40(29(24-41)26-13-7-4-8-14-26)33-36(44)38(21-10-20-37(32,33)46-30)23-25-11-5-3-6-12-25/h3-20,29-33,41H,2,21-24H2,1H3/t29-,30+,31-,32+,33?,37+/m1/s1. The number of hydrogen-bond donors (Lipinski definition) is 1. The first-order valence-electron chi connectivity index (χ1n) is 15.8. The highest BCUT2D eigenvalue weighted by Crippen LogP contribution is 2.62. The fourth-order valence-corrected chi connectivity index (χ4v) is 9.55. The molecule has 6 atom stereocenters. The maximum Gasteiger partial charge on any atom is 0.247 e. The second-order valence-corrected chi connectivity index (χ2v) is 13.6. The zero-order valence-electron chi connectivity index (χ0n) is 25.6. The Morgan fingerprint density at radius 2 is 1.61 bits per heavy atom. The summed E-state index contributed by atoms with van der Waals surface area (Å²) in [5.41, 5.74) is 2.46. The Bertz CT molecular complexity index is 1660. The van der Waals surface area contributed by atoms with Crippen LogP contribution in [0.25, 0.3) is 0 Å². The number of carbonyl (C=O) groups excluding carboxylic acids is 3. The predicted octanol–water partition coefficient (Wildman–Crippen LogP) is 4.62. The summed E-state index contributed by atoms with van der Waals surface area (Å²) in [5.74, 6) is -1.36. The number of fused-ring (bicyclic) bond motifs is 2. The highest BCUT2D eigenvalue weighted by atomic mass is 32.2. The largest absolute Gasteiger partial charge is 0.494 e. The van der Waals surface area contributed by atoms with Gasteiger partial charge in [0.15, 0.2) is 0 Å². The summed E-state index contributed by atoms with van der Waals surface area (Å²) in [4.78, 5) is 49.4. The van der Waals surface area contributed by atoms with Gasteiger partial charge >= 0.3 is 0 Å². The number of anilines is 1. The van der Waals surface area contributed by atoms with Crippen LogP contribution in [0.2, 0.25) is 0 Å². The summed E-state index contributed by atoms with van der Waals surface area (Å²) < 4.78 is 4.63. The van der Waals surface area contributed by atoms with Crippen LogP contribution in [0.1, 0.15) is 24.1 Å². The summed E-state index contributed by atoms with van der Waals surface area (Å²) in [6.07, 6.45) is 8.03. The van der Waals surface area contributed by atoms with Crippen molar-refractivity contribution < 1.29 is 24.2 Å². The third kappa shape index (κ3) is 5.02. The number of nitrogens with zero attached hydrogens (tertiary/aromatic N) is 3. The van der Waals surface area contributed by atoms with Gasteiger partial charge in [0.05, 0.1) is 35.8 Å². The van der Waals surface area contributed by atoms with E-state index in [1.54, 1.807) is 26.5 Å². The first-order chi connectivity index (χ1) is 22.5. The highest BCUT2D eigenvalue weighted by molar-refractivity contribution is 8.02. The summed E-state index contributed by atoms with van der Waals surface area (Å²) >= 11 is 1.54. The molecule has 0 aromatic heterocycles. The molecule has 2 fully saturated rings. The monoisotopic (exact) mass is 635 g/mol. The number of aliphatic hydroxyl groups excluding tert-OH is 1. The molecule has 9 heteroatoms. The number of rotatable bonds is 8. The maximum atomic E-state index is 14.9. The van der Waals surface area contributed by atoms with Crippen LogP contribution in [-0.2, 0) is 20.9 Å². The van der Waals surface area contributed by atoms with Gasteiger partial charge in [0.1, 0.15) is 11.8 Å². The number of hydrogen-bond acceptors (Lipinski definition) is 6. The van der Waals surface area contributed by atoms with E-state index >= 15 is 0 Å². The van der Waals surface area contributed by atoms with Gasteiger partial charge < -0.3 is 24.5 Å². The number of amides is 3. The number of thioether (sulfide) groups is 1. The number of likely N-dealkylation sites (tertiary alicyclic amines) is 1. The van der Waals surface area contributed by atoms with Crippen LogP contribution in [0.3, 0.4) is 0 Å². The van der Waals surface area contributed by atoms with Crippen LogP contribution < -0.4 is 9.64 Å². The van der Waals surface area contributed by atoms with E-state index in [2.05, 4.69) is 0 Å². The van der Waals surface area contributed by atoms with Gasteiger partial charge in [-0.1, -0.05) is 85.0 Å². The highest BCUT2D eigenvalue weighted by Gasteiger charge is 2.71. The van der Waals surface area contributed by atoms with Gasteiger partial charge in [-0.15, -0.1) is 11.8 Å². The Morgan fingerprint density at radius 3 is 2.30 bits per heavy atom. The second kappa shape index (κ2) is 12.5. The lowest BCUT2D eigenvalue weighted by Gasteiger charge is -2.38. The van der Waals surface area contributed by atoms with Gasteiger partial charge in [0.25, 0.3) is 0 Å². The van der Waals surface area contributed by atoms with Crippen molar-refractivity contribution in [3.8, 4) is 5.75 Å². The Labute approximate surface area is 273 Å². The first-order valence-corrected chi connectivity index (χ1v) is 16.7. The van der Waals surface area contributed by atoms with Crippen molar-refractivity contribution in [1.82, 2.24) is 9.80 Å². The number of aliphatic hydroxyl groups is 1. The lowest BCUT2D eigenvalue weighted by atomic mass is 9.78. The summed E-state index contributed by atoms with van der Waals surface area (Å²) in [7, 11) is 0. The van der Waals surface area contributed by atoms with Crippen LogP contribution in [0.5, 0.6) is 5.75 Å². The SMILES string of the molecule is CCOc1ccc(N2CC=C[C@@H]3S[C@]45C=CCN(Cc6ccccc6)C(=O)C4N([C@H](CO)c4ccccc4)C(=O)[C@@H]5[C@@H]3C2=O)cc1. The molecule has 7 rings (SSSR count). The van der Waals surface area contributed by atoms with E-state index in [4.69, 9.17) is 4.74 Å². The molecule has 236 valence electrons. The van der Waals surface area contributed by atoms with Crippen LogP contribution in [0.4, 0.5) is 5.69 Å². The van der Waals surface area contributed by atoms with E-state index in [-0.39, 0.29) is 29.6 Å². The summed E-state index contributed by atoms with van der Waals surface area (Å²) in [6, 6.07) is 25.0. The molecule has 3 aromatic rings. The van der Waals surface area contributed by atoms with Crippen molar-refractivity contribution in [1.29, 1.82) is 0 Å². The minimum atomic E-state index is -0.987. The molecule has 3 aromatic carbocycles. The van der Waals surface area contributed by atoms with E-state index in [0.29, 0.717) is 26.2 Å². The third-order valence-electron chi connectivity index (χ3n) is 9.55. The van der Waals surface area contributed by atoms with Gasteiger partial charge in [-0.2, -0.15) is 0 Å². The lowest BCUT2D eigenvalue weighted by molar-refractivity contribution is -0.146. The van der Waals surface area contributed by atoms with E-state index in [9.17, 15) is 19.5 Å². The van der Waals surface area contributed by atoms with E-state index < -0.39 is 28.7 Å². The van der Waals surface area contributed by atoms with Crippen LogP contribution in [-0.4, -0.2) is 75.0 Å². The maximum absolute atomic E-state index is 14.9. The minimum Gasteiger partial charge on any atom is -0.494 e. The van der Waals surface area contributed by atoms with Gasteiger partial charge in [0.2, 0.25) is 17.7 Å². The topological polar surface area (TPSA) is 90.4 Å². The van der Waals surface area contributed by atoms with Crippen molar-refractivity contribution >= 4 is 35.2 Å². The Hall–Kier alpha value is -4.34. The molecule has 3 amide bonds. The van der Waals surface area contributed by atoms with Gasteiger partial charge in [-0.05, 0) is 42.3 Å². The van der Waals surface area contributed by atoms with E-state index in [1.807, 2.05) is 116 Å². The van der Waals surface area contributed by atoms with Crippen molar-refractivity contribution in [2.75, 3.05) is 31.2 Å². The first kappa shape index (κ1) is 30.3. The molecule has 4 aliphatic rings.